The summed E-state index contributed by atoms with van der Waals surface area (Å²) in [6.45, 7) is 0. The number of carbonyl (C=O) groups is 1. The van der Waals surface area contributed by atoms with Gasteiger partial charge in [-0.25, -0.2) is 9.97 Å². The van der Waals surface area contributed by atoms with Crippen LogP contribution in [0.15, 0.2) is 53.1 Å². The number of hydrogen-bond donors (Lipinski definition) is 1. The minimum absolute atomic E-state index is 0.0141. The molecule has 0 bridgehead atoms. The molecule has 4 aromatic rings. The van der Waals surface area contributed by atoms with Crippen LogP contribution in [0.4, 0.5) is 18.9 Å². The Morgan fingerprint density at radius 1 is 1.00 bits per heavy atom. The predicted molar refractivity (Wildman–Crippen MR) is 86.5 cm³/mol. The number of halogens is 3. The fraction of sp³-hybridized carbons (Fsp3) is 0.0588. The molecule has 1 N–H and O–H groups in total. The molecule has 6 nitrogen and oxygen atoms in total. The number of hydrogen-bond acceptors (Lipinski definition) is 5. The van der Waals surface area contributed by atoms with Gasteiger partial charge in [0.1, 0.15) is 11.2 Å². The molecule has 0 saturated heterocycles. The first-order valence-electron chi connectivity index (χ1n) is 7.41. The van der Waals surface area contributed by atoms with Crippen molar-refractivity contribution >= 4 is 33.7 Å². The van der Waals surface area contributed by atoms with Gasteiger partial charge in [0.2, 0.25) is 0 Å². The molecule has 0 spiro atoms. The Bertz CT molecular complexity index is 1140. The van der Waals surface area contributed by atoms with Crippen LogP contribution in [-0.2, 0) is 6.18 Å². The second-order valence-corrected chi connectivity index (χ2v) is 5.40. The molecule has 9 heteroatoms. The molecule has 130 valence electrons. The lowest BCUT2D eigenvalue weighted by atomic mass is 10.2. The zero-order chi connectivity index (χ0) is 18.3. The van der Waals surface area contributed by atoms with Crippen molar-refractivity contribution in [3.8, 4) is 0 Å². The molecule has 0 aliphatic heterocycles. The highest BCUT2D eigenvalue weighted by Crippen LogP contribution is 2.31. The van der Waals surface area contributed by atoms with Crippen molar-refractivity contribution in [3.63, 3.8) is 0 Å². The van der Waals surface area contributed by atoms with E-state index >= 15 is 0 Å². The number of aromatic nitrogens is 3. The minimum atomic E-state index is -4.68. The standard InChI is InChI=1S/C17H9F3N4O2/c18-17(19,20)16-24-12-7-9(5-6-14(12)26-16)22-15(25)13-8-21-10-3-1-2-4-11(10)23-13/h1-8H,(H,22,25). The van der Waals surface area contributed by atoms with Gasteiger partial charge in [0.15, 0.2) is 5.58 Å². The molecule has 0 unspecified atom stereocenters. The molecule has 0 atom stereocenters. The molecule has 0 fully saturated rings. The molecule has 26 heavy (non-hydrogen) atoms. The largest absolute Gasteiger partial charge is 0.468 e. The summed E-state index contributed by atoms with van der Waals surface area (Å²) < 4.78 is 42.6. The smallest absolute Gasteiger partial charge is 0.433 e. The number of nitrogens with zero attached hydrogens (tertiary/aromatic N) is 3. The van der Waals surface area contributed by atoms with Crippen LogP contribution >= 0.6 is 0 Å². The van der Waals surface area contributed by atoms with E-state index in [0.29, 0.717) is 11.0 Å². The van der Waals surface area contributed by atoms with Crippen molar-refractivity contribution in [2.24, 2.45) is 0 Å². The van der Waals surface area contributed by atoms with Gasteiger partial charge in [-0.05, 0) is 30.3 Å². The van der Waals surface area contributed by atoms with Crippen molar-refractivity contribution in [2.45, 2.75) is 6.18 Å². The molecular weight excluding hydrogens is 349 g/mol. The third kappa shape index (κ3) is 2.94. The summed E-state index contributed by atoms with van der Waals surface area (Å²) in [5.41, 5.74) is 1.51. The van der Waals surface area contributed by atoms with E-state index in [4.69, 9.17) is 0 Å². The maximum Gasteiger partial charge on any atom is 0.468 e. The predicted octanol–water partition coefficient (Wildman–Crippen LogP) is 4.04. The third-order valence-electron chi connectivity index (χ3n) is 3.57. The Balaban J connectivity index is 1.62. The van der Waals surface area contributed by atoms with Crippen LogP contribution in [0.1, 0.15) is 16.4 Å². The Labute approximate surface area is 143 Å². The Morgan fingerprint density at radius 3 is 2.54 bits per heavy atom. The third-order valence-corrected chi connectivity index (χ3v) is 3.57. The summed E-state index contributed by atoms with van der Waals surface area (Å²) in [6, 6.07) is 11.1. The quantitative estimate of drug-likeness (QED) is 0.585. The van der Waals surface area contributed by atoms with Crippen molar-refractivity contribution in [2.75, 3.05) is 5.32 Å². The number of para-hydroxylation sites is 2. The summed E-state index contributed by atoms with van der Waals surface area (Å²) in [5, 5.41) is 2.56. The molecule has 1 amide bonds. The van der Waals surface area contributed by atoms with E-state index in [0.717, 1.165) is 0 Å². The van der Waals surface area contributed by atoms with E-state index in [2.05, 4.69) is 24.7 Å². The van der Waals surface area contributed by atoms with Gasteiger partial charge in [-0.3, -0.25) is 9.78 Å². The molecule has 2 aromatic carbocycles. The van der Waals surface area contributed by atoms with E-state index < -0.39 is 18.0 Å². The van der Waals surface area contributed by atoms with E-state index in [1.807, 2.05) is 0 Å². The highest BCUT2D eigenvalue weighted by atomic mass is 19.4. The Hall–Kier alpha value is -3.49. The average molecular weight is 358 g/mol. The van der Waals surface area contributed by atoms with Crippen LogP contribution in [0, 0.1) is 0 Å². The van der Waals surface area contributed by atoms with Gasteiger partial charge in [-0.1, -0.05) is 12.1 Å². The minimum Gasteiger partial charge on any atom is -0.433 e. The fourth-order valence-electron chi connectivity index (χ4n) is 2.39. The number of anilines is 1. The maximum atomic E-state index is 12.6. The second-order valence-electron chi connectivity index (χ2n) is 5.40. The summed E-state index contributed by atoms with van der Waals surface area (Å²) in [4.78, 5) is 24.1. The van der Waals surface area contributed by atoms with Gasteiger partial charge in [0.25, 0.3) is 5.91 Å². The number of amides is 1. The monoisotopic (exact) mass is 358 g/mol. The topological polar surface area (TPSA) is 80.9 Å². The van der Waals surface area contributed by atoms with Gasteiger partial charge >= 0.3 is 12.1 Å². The number of rotatable bonds is 2. The first-order valence-corrected chi connectivity index (χ1v) is 7.41. The van der Waals surface area contributed by atoms with E-state index in [-0.39, 0.29) is 22.5 Å². The van der Waals surface area contributed by atoms with E-state index in [1.165, 1.54) is 24.4 Å². The first-order chi connectivity index (χ1) is 12.4. The van der Waals surface area contributed by atoms with E-state index in [9.17, 15) is 18.0 Å². The number of benzene rings is 2. The molecule has 0 saturated carbocycles. The van der Waals surface area contributed by atoms with Crippen LogP contribution in [-0.4, -0.2) is 20.9 Å². The summed E-state index contributed by atoms with van der Waals surface area (Å²) in [7, 11) is 0. The van der Waals surface area contributed by atoms with Crippen molar-refractivity contribution in [3.05, 3.63) is 60.2 Å². The summed E-state index contributed by atoms with van der Waals surface area (Å²) >= 11 is 0. The highest BCUT2D eigenvalue weighted by Gasteiger charge is 2.37. The molecule has 2 heterocycles. The van der Waals surface area contributed by atoms with Crippen molar-refractivity contribution in [1.82, 2.24) is 15.0 Å². The van der Waals surface area contributed by atoms with E-state index in [1.54, 1.807) is 24.3 Å². The van der Waals surface area contributed by atoms with Gasteiger partial charge < -0.3 is 9.73 Å². The second kappa shape index (κ2) is 5.80. The number of nitrogens with one attached hydrogen (secondary N) is 1. The average Bonchev–Trinajstić information content (AvgIpc) is 3.05. The molecule has 2 aromatic heterocycles. The number of fused-ring (bicyclic) bond motifs is 2. The zero-order valence-corrected chi connectivity index (χ0v) is 12.9. The molecule has 0 aliphatic carbocycles. The van der Waals surface area contributed by atoms with Crippen molar-refractivity contribution < 1.29 is 22.4 Å². The van der Waals surface area contributed by atoms with Crippen LogP contribution in [0.3, 0.4) is 0 Å². The lowest BCUT2D eigenvalue weighted by molar-refractivity contribution is -0.156. The summed E-state index contributed by atoms with van der Waals surface area (Å²) in [6.07, 6.45) is -3.35. The normalized spacial score (nSPS) is 11.8. The molecule has 0 aliphatic rings. The molecule has 0 radical (unpaired) electrons. The van der Waals surface area contributed by atoms with Gasteiger partial charge in [-0.2, -0.15) is 13.2 Å². The first kappa shape index (κ1) is 16.0. The van der Waals surface area contributed by atoms with Crippen molar-refractivity contribution in [1.29, 1.82) is 0 Å². The van der Waals surface area contributed by atoms with Crippen LogP contribution in [0.2, 0.25) is 0 Å². The lowest BCUT2D eigenvalue weighted by Gasteiger charge is -2.05. The number of alkyl halides is 3. The number of carbonyl (C=O) groups excluding carboxylic acids is 1. The van der Waals surface area contributed by atoms with Crippen LogP contribution < -0.4 is 5.32 Å². The maximum absolute atomic E-state index is 12.6. The highest BCUT2D eigenvalue weighted by molar-refractivity contribution is 6.04. The molecule has 4 rings (SSSR count). The fourth-order valence-corrected chi connectivity index (χ4v) is 2.39. The summed E-state index contributed by atoms with van der Waals surface area (Å²) in [5.74, 6) is -1.88. The van der Waals surface area contributed by atoms with Crippen LogP contribution in [0.25, 0.3) is 22.1 Å². The SMILES string of the molecule is O=C(Nc1ccc2oc(C(F)(F)F)nc2c1)c1cnc2ccccc2n1. The molecular formula is C17H9F3N4O2. The van der Waals surface area contributed by atoms with Crippen LogP contribution in [0.5, 0.6) is 0 Å². The van der Waals surface area contributed by atoms with Gasteiger partial charge in [0, 0.05) is 5.69 Å². The Morgan fingerprint density at radius 2 is 1.77 bits per heavy atom. The van der Waals surface area contributed by atoms with Gasteiger partial charge in [-0.15, -0.1) is 0 Å². The number of oxazole rings is 1. The Kier molecular flexibility index (Phi) is 3.57. The lowest BCUT2D eigenvalue weighted by Crippen LogP contribution is -2.14. The van der Waals surface area contributed by atoms with Gasteiger partial charge in [0.05, 0.1) is 17.2 Å². The zero-order valence-electron chi connectivity index (χ0n) is 12.9.